The van der Waals surface area contributed by atoms with Crippen LogP contribution in [0.25, 0.3) is 0 Å². The third-order valence-corrected chi connectivity index (χ3v) is 4.22. The minimum absolute atomic E-state index is 0.0727. The van der Waals surface area contributed by atoms with Gasteiger partial charge in [-0.25, -0.2) is 0 Å². The number of likely N-dealkylation sites (tertiary alicyclic amines) is 1. The van der Waals surface area contributed by atoms with Crippen molar-refractivity contribution in [1.29, 1.82) is 0 Å². The Morgan fingerprint density at radius 1 is 1.39 bits per heavy atom. The van der Waals surface area contributed by atoms with E-state index in [0.29, 0.717) is 24.7 Å². The van der Waals surface area contributed by atoms with Crippen LogP contribution < -0.4 is 5.73 Å². The van der Waals surface area contributed by atoms with E-state index < -0.39 is 0 Å². The van der Waals surface area contributed by atoms with Gasteiger partial charge in [-0.2, -0.15) is 0 Å². The van der Waals surface area contributed by atoms with E-state index in [4.69, 9.17) is 15.2 Å². The Bertz CT molecular complexity index is 246. The van der Waals surface area contributed by atoms with Gasteiger partial charge in [-0.3, -0.25) is 4.90 Å². The number of nitrogens with two attached hydrogens (primary N) is 1. The van der Waals surface area contributed by atoms with Crippen molar-refractivity contribution in [1.82, 2.24) is 4.90 Å². The van der Waals surface area contributed by atoms with Gasteiger partial charge >= 0.3 is 0 Å². The predicted octanol–water partition coefficient (Wildman–Crippen LogP) is 1.63. The van der Waals surface area contributed by atoms with Crippen LogP contribution in [0.3, 0.4) is 0 Å². The van der Waals surface area contributed by atoms with Crippen molar-refractivity contribution in [2.75, 3.05) is 27.3 Å². The van der Waals surface area contributed by atoms with Crippen molar-refractivity contribution in [2.45, 2.75) is 63.8 Å². The molecule has 1 aliphatic heterocycles. The molecular weight excluding hydrogens is 228 g/mol. The van der Waals surface area contributed by atoms with Crippen molar-refractivity contribution in [3.05, 3.63) is 0 Å². The van der Waals surface area contributed by atoms with E-state index in [1.165, 1.54) is 0 Å². The SMILES string of the molecule is COC1CCN(C(C)CC(C)(C)OC)C(CN)C1. The smallest absolute Gasteiger partial charge is 0.0637 e. The van der Waals surface area contributed by atoms with Gasteiger partial charge in [0.15, 0.2) is 0 Å². The van der Waals surface area contributed by atoms with Gasteiger partial charge in [0, 0.05) is 39.4 Å². The largest absolute Gasteiger partial charge is 0.381 e. The van der Waals surface area contributed by atoms with Crippen LogP contribution in [0.2, 0.25) is 0 Å². The molecule has 0 radical (unpaired) electrons. The van der Waals surface area contributed by atoms with E-state index in [1.54, 1.807) is 14.2 Å². The zero-order valence-corrected chi connectivity index (χ0v) is 12.6. The summed E-state index contributed by atoms with van der Waals surface area (Å²) >= 11 is 0. The molecular formula is C14H30N2O2. The van der Waals surface area contributed by atoms with Crippen LogP contribution in [0.5, 0.6) is 0 Å². The molecule has 0 aromatic heterocycles. The standard InChI is InChI=1S/C14H30N2O2/c1-11(9-14(2,3)18-5)16-7-6-13(17-4)8-12(16)10-15/h11-13H,6-10,15H2,1-5H3. The number of ether oxygens (including phenoxy) is 2. The van der Waals surface area contributed by atoms with Gasteiger partial charge in [-0.05, 0) is 40.0 Å². The fourth-order valence-electron chi connectivity index (χ4n) is 2.97. The lowest BCUT2D eigenvalue weighted by Crippen LogP contribution is -2.53. The van der Waals surface area contributed by atoms with Crippen molar-refractivity contribution in [2.24, 2.45) is 5.73 Å². The lowest BCUT2D eigenvalue weighted by Gasteiger charge is -2.43. The van der Waals surface area contributed by atoms with E-state index in [9.17, 15) is 0 Å². The summed E-state index contributed by atoms with van der Waals surface area (Å²) in [6.07, 6.45) is 3.55. The first-order valence-corrected chi connectivity index (χ1v) is 6.97. The van der Waals surface area contributed by atoms with Gasteiger partial charge in [-0.1, -0.05) is 0 Å². The Hall–Kier alpha value is -0.160. The average Bonchev–Trinajstić information content (AvgIpc) is 2.37. The number of hydrogen-bond acceptors (Lipinski definition) is 4. The van der Waals surface area contributed by atoms with Crippen LogP contribution in [0.4, 0.5) is 0 Å². The van der Waals surface area contributed by atoms with Gasteiger partial charge in [0.25, 0.3) is 0 Å². The summed E-state index contributed by atoms with van der Waals surface area (Å²) in [7, 11) is 3.58. The monoisotopic (exact) mass is 258 g/mol. The average molecular weight is 258 g/mol. The Kier molecular flexibility index (Phi) is 6.05. The maximum Gasteiger partial charge on any atom is 0.0637 e. The third kappa shape index (κ3) is 4.19. The molecule has 4 nitrogen and oxygen atoms in total. The molecule has 0 aromatic carbocycles. The second-order valence-corrected chi connectivity index (χ2v) is 6.03. The second kappa shape index (κ2) is 6.85. The molecule has 1 heterocycles. The molecule has 1 saturated heterocycles. The number of piperidine rings is 1. The first kappa shape index (κ1) is 15.9. The molecule has 0 aliphatic carbocycles. The van der Waals surface area contributed by atoms with Gasteiger partial charge in [0.05, 0.1) is 11.7 Å². The lowest BCUT2D eigenvalue weighted by atomic mass is 9.93. The van der Waals surface area contributed by atoms with E-state index in [0.717, 1.165) is 25.8 Å². The first-order valence-electron chi connectivity index (χ1n) is 6.97. The van der Waals surface area contributed by atoms with Crippen molar-refractivity contribution < 1.29 is 9.47 Å². The molecule has 1 rings (SSSR count). The summed E-state index contributed by atoms with van der Waals surface area (Å²) in [6.45, 7) is 8.33. The highest BCUT2D eigenvalue weighted by molar-refractivity contribution is 4.88. The molecule has 0 bridgehead atoms. The van der Waals surface area contributed by atoms with Crippen LogP contribution in [-0.4, -0.2) is 56.0 Å². The molecule has 4 heteroatoms. The molecule has 18 heavy (non-hydrogen) atoms. The molecule has 1 aliphatic rings. The second-order valence-electron chi connectivity index (χ2n) is 6.03. The molecule has 0 saturated carbocycles. The minimum atomic E-state index is -0.0727. The van der Waals surface area contributed by atoms with E-state index >= 15 is 0 Å². The van der Waals surface area contributed by atoms with Crippen LogP contribution >= 0.6 is 0 Å². The molecule has 0 aromatic rings. The number of hydrogen-bond donors (Lipinski definition) is 1. The highest BCUT2D eigenvalue weighted by Crippen LogP contribution is 2.26. The third-order valence-electron chi connectivity index (χ3n) is 4.22. The summed E-state index contributed by atoms with van der Waals surface area (Å²) < 4.78 is 11.0. The normalized spacial score (nSPS) is 28.3. The zero-order valence-electron chi connectivity index (χ0n) is 12.6. The molecule has 0 spiro atoms. The molecule has 3 unspecified atom stereocenters. The van der Waals surface area contributed by atoms with Gasteiger partial charge < -0.3 is 15.2 Å². The molecule has 2 N–H and O–H groups in total. The topological polar surface area (TPSA) is 47.7 Å². The molecule has 108 valence electrons. The number of rotatable bonds is 6. The Morgan fingerprint density at radius 2 is 2.06 bits per heavy atom. The number of nitrogens with zero attached hydrogens (tertiary/aromatic N) is 1. The molecule has 3 atom stereocenters. The maximum absolute atomic E-state index is 5.92. The van der Waals surface area contributed by atoms with E-state index in [-0.39, 0.29) is 5.60 Å². The van der Waals surface area contributed by atoms with Crippen molar-refractivity contribution in [3.63, 3.8) is 0 Å². The van der Waals surface area contributed by atoms with Gasteiger partial charge in [0.1, 0.15) is 0 Å². The highest BCUT2D eigenvalue weighted by Gasteiger charge is 2.33. The quantitative estimate of drug-likeness (QED) is 0.786. The Labute approximate surface area is 112 Å². The van der Waals surface area contributed by atoms with E-state index in [2.05, 4.69) is 25.7 Å². The summed E-state index contributed by atoms with van der Waals surface area (Å²) in [5.41, 5.74) is 5.84. The molecule has 0 amide bonds. The molecule has 1 fully saturated rings. The summed E-state index contributed by atoms with van der Waals surface area (Å²) in [4.78, 5) is 2.52. The number of methoxy groups -OCH3 is 2. The van der Waals surface area contributed by atoms with Gasteiger partial charge in [0.2, 0.25) is 0 Å². The highest BCUT2D eigenvalue weighted by atomic mass is 16.5. The minimum Gasteiger partial charge on any atom is -0.381 e. The lowest BCUT2D eigenvalue weighted by molar-refractivity contribution is -0.0371. The van der Waals surface area contributed by atoms with E-state index in [1.807, 2.05) is 0 Å². The van der Waals surface area contributed by atoms with Crippen LogP contribution in [0, 0.1) is 0 Å². The Morgan fingerprint density at radius 3 is 2.56 bits per heavy atom. The van der Waals surface area contributed by atoms with Crippen LogP contribution in [0.1, 0.15) is 40.0 Å². The first-order chi connectivity index (χ1) is 8.43. The summed E-state index contributed by atoms with van der Waals surface area (Å²) in [6, 6.07) is 0.928. The van der Waals surface area contributed by atoms with Gasteiger partial charge in [-0.15, -0.1) is 0 Å². The van der Waals surface area contributed by atoms with Crippen molar-refractivity contribution in [3.8, 4) is 0 Å². The zero-order chi connectivity index (χ0) is 13.8. The van der Waals surface area contributed by atoms with Crippen LogP contribution in [-0.2, 0) is 9.47 Å². The summed E-state index contributed by atoms with van der Waals surface area (Å²) in [5, 5.41) is 0. The Balaban J connectivity index is 2.58. The maximum atomic E-state index is 5.92. The predicted molar refractivity (Wildman–Crippen MR) is 74.7 cm³/mol. The fraction of sp³-hybridized carbons (Fsp3) is 1.00. The van der Waals surface area contributed by atoms with Crippen LogP contribution in [0.15, 0.2) is 0 Å². The summed E-state index contributed by atoms with van der Waals surface area (Å²) in [5.74, 6) is 0. The fourth-order valence-corrected chi connectivity index (χ4v) is 2.97. The van der Waals surface area contributed by atoms with Crippen molar-refractivity contribution >= 4 is 0 Å².